The van der Waals surface area contributed by atoms with E-state index in [1.54, 1.807) is 6.92 Å². The Morgan fingerprint density at radius 2 is 2.35 bits per heavy atom. The summed E-state index contributed by atoms with van der Waals surface area (Å²) in [5.74, 6) is -0.388. The van der Waals surface area contributed by atoms with Crippen LogP contribution in [0.4, 0.5) is 0 Å². The molecular weight excluding hydrogens is 324 g/mol. The van der Waals surface area contributed by atoms with E-state index in [4.69, 9.17) is 4.74 Å². The second-order valence-electron chi connectivity index (χ2n) is 4.52. The number of esters is 1. The molecular formula is C14H17BrN2O3. The molecule has 1 N–H and O–H groups in total. The van der Waals surface area contributed by atoms with Gasteiger partial charge in [0.25, 0.3) is 0 Å². The molecule has 1 atom stereocenters. The molecule has 0 radical (unpaired) electrons. The molecule has 0 spiro atoms. The Morgan fingerprint density at radius 3 is 3.05 bits per heavy atom. The van der Waals surface area contributed by atoms with E-state index >= 15 is 0 Å². The lowest BCUT2D eigenvalue weighted by molar-refractivity contribution is -0.146. The van der Waals surface area contributed by atoms with Crippen LogP contribution in [0.15, 0.2) is 28.7 Å². The predicted molar refractivity (Wildman–Crippen MR) is 78.1 cm³/mol. The largest absolute Gasteiger partial charge is 0.465 e. The maximum absolute atomic E-state index is 12.1. The van der Waals surface area contributed by atoms with Crippen molar-refractivity contribution in [2.24, 2.45) is 0 Å². The molecule has 0 aromatic heterocycles. The summed E-state index contributed by atoms with van der Waals surface area (Å²) in [6.45, 7) is 3.41. The summed E-state index contributed by atoms with van der Waals surface area (Å²) in [4.78, 5) is 25.6. The molecule has 20 heavy (non-hydrogen) atoms. The van der Waals surface area contributed by atoms with Gasteiger partial charge in [-0.2, -0.15) is 0 Å². The van der Waals surface area contributed by atoms with Gasteiger partial charge in [0.2, 0.25) is 5.91 Å². The predicted octanol–water partition coefficient (Wildman–Crippen LogP) is 1.49. The Morgan fingerprint density at radius 1 is 1.55 bits per heavy atom. The first kappa shape index (κ1) is 15.0. The van der Waals surface area contributed by atoms with Crippen molar-refractivity contribution < 1.29 is 14.3 Å². The lowest BCUT2D eigenvalue weighted by Gasteiger charge is -2.34. The smallest absolute Gasteiger partial charge is 0.320 e. The number of hydrogen-bond acceptors (Lipinski definition) is 4. The number of halogens is 1. The van der Waals surface area contributed by atoms with Crippen molar-refractivity contribution in [1.82, 2.24) is 10.2 Å². The highest BCUT2D eigenvalue weighted by molar-refractivity contribution is 9.10. The minimum absolute atomic E-state index is 0.0846. The Bertz CT molecular complexity index is 507. The van der Waals surface area contributed by atoms with Gasteiger partial charge in [0.15, 0.2) is 0 Å². The third-order valence-corrected chi connectivity index (χ3v) is 3.61. The van der Waals surface area contributed by atoms with Crippen LogP contribution < -0.4 is 5.32 Å². The van der Waals surface area contributed by atoms with Gasteiger partial charge in [0.1, 0.15) is 6.04 Å². The second-order valence-corrected chi connectivity index (χ2v) is 5.44. The number of benzene rings is 1. The SMILES string of the molecule is CCOC(=O)CN1CCNC(=O)[C@@H]1c1cccc(Br)c1. The molecule has 108 valence electrons. The number of carbonyl (C=O) groups excluding carboxylic acids is 2. The second kappa shape index (κ2) is 6.85. The number of hydrogen-bond donors (Lipinski definition) is 1. The third-order valence-electron chi connectivity index (χ3n) is 3.11. The first-order chi connectivity index (χ1) is 9.61. The lowest BCUT2D eigenvalue weighted by Crippen LogP contribution is -2.51. The number of ether oxygens (including phenoxy) is 1. The summed E-state index contributed by atoms with van der Waals surface area (Å²) in [6.07, 6.45) is 0. The van der Waals surface area contributed by atoms with Crippen LogP contribution in [0.25, 0.3) is 0 Å². The van der Waals surface area contributed by atoms with E-state index in [0.29, 0.717) is 19.7 Å². The number of nitrogens with one attached hydrogen (secondary N) is 1. The number of nitrogens with zero attached hydrogens (tertiary/aromatic N) is 1. The number of carbonyl (C=O) groups is 2. The number of rotatable bonds is 4. The van der Waals surface area contributed by atoms with Crippen molar-refractivity contribution in [3.05, 3.63) is 34.3 Å². The fourth-order valence-electron chi connectivity index (χ4n) is 2.30. The third kappa shape index (κ3) is 3.58. The van der Waals surface area contributed by atoms with Crippen LogP contribution in [0.2, 0.25) is 0 Å². The van der Waals surface area contributed by atoms with E-state index in [2.05, 4.69) is 21.2 Å². The van der Waals surface area contributed by atoms with E-state index in [-0.39, 0.29) is 18.4 Å². The molecule has 0 bridgehead atoms. The summed E-state index contributed by atoms with van der Waals surface area (Å²) in [5.41, 5.74) is 0.862. The van der Waals surface area contributed by atoms with Crippen LogP contribution >= 0.6 is 15.9 Å². The molecule has 0 unspecified atom stereocenters. The molecule has 1 heterocycles. The average Bonchev–Trinajstić information content (AvgIpc) is 2.39. The van der Waals surface area contributed by atoms with Gasteiger partial charge in [-0.25, -0.2) is 0 Å². The maximum Gasteiger partial charge on any atom is 0.320 e. The van der Waals surface area contributed by atoms with Gasteiger partial charge >= 0.3 is 5.97 Å². The molecule has 2 rings (SSSR count). The zero-order chi connectivity index (χ0) is 14.5. The summed E-state index contributed by atoms with van der Waals surface area (Å²) in [6, 6.07) is 7.11. The zero-order valence-electron chi connectivity index (χ0n) is 11.3. The van der Waals surface area contributed by atoms with Crippen molar-refractivity contribution in [2.45, 2.75) is 13.0 Å². The van der Waals surface area contributed by atoms with E-state index in [1.807, 2.05) is 29.2 Å². The highest BCUT2D eigenvalue weighted by atomic mass is 79.9. The Labute approximate surface area is 126 Å². The monoisotopic (exact) mass is 340 g/mol. The van der Waals surface area contributed by atoms with Crippen LogP contribution in [0, 0.1) is 0 Å². The minimum atomic E-state index is -0.453. The van der Waals surface area contributed by atoms with Gasteiger partial charge < -0.3 is 10.1 Å². The molecule has 6 heteroatoms. The van der Waals surface area contributed by atoms with E-state index < -0.39 is 6.04 Å². The number of amides is 1. The van der Waals surface area contributed by atoms with Crippen molar-refractivity contribution in [3.8, 4) is 0 Å². The van der Waals surface area contributed by atoms with Gasteiger partial charge in [-0.3, -0.25) is 14.5 Å². The van der Waals surface area contributed by atoms with Gasteiger partial charge in [0.05, 0.1) is 13.2 Å². The highest BCUT2D eigenvalue weighted by Gasteiger charge is 2.32. The molecule has 1 aromatic carbocycles. The molecule has 1 saturated heterocycles. The molecule has 1 fully saturated rings. The normalized spacial score (nSPS) is 19.5. The van der Waals surface area contributed by atoms with E-state index in [1.165, 1.54) is 0 Å². The summed E-state index contributed by atoms with van der Waals surface area (Å²) in [5, 5.41) is 2.84. The fraction of sp³-hybridized carbons (Fsp3) is 0.429. The molecule has 0 aliphatic carbocycles. The van der Waals surface area contributed by atoms with E-state index in [0.717, 1.165) is 10.0 Å². The molecule has 5 nitrogen and oxygen atoms in total. The van der Waals surface area contributed by atoms with Gasteiger partial charge in [-0.1, -0.05) is 28.1 Å². The first-order valence-electron chi connectivity index (χ1n) is 6.54. The minimum Gasteiger partial charge on any atom is -0.465 e. The van der Waals surface area contributed by atoms with Crippen LogP contribution in [0.3, 0.4) is 0 Å². The average molecular weight is 341 g/mol. The molecule has 1 aliphatic rings. The maximum atomic E-state index is 12.1. The molecule has 1 aliphatic heterocycles. The summed E-state index contributed by atoms with van der Waals surface area (Å²) in [7, 11) is 0. The van der Waals surface area contributed by atoms with Crippen LogP contribution in [-0.4, -0.2) is 43.0 Å². The summed E-state index contributed by atoms with van der Waals surface area (Å²) >= 11 is 3.40. The highest BCUT2D eigenvalue weighted by Crippen LogP contribution is 2.25. The zero-order valence-corrected chi connectivity index (χ0v) is 12.9. The van der Waals surface area contributed by atoms with Crippen molar-refractivity contribution in [1.29, 1.82) is 0 Å². The Balaban J connectivity index is 2.20. The first-order valence-corrected chi connectivity index (χ1v) is 7.34. The lowest BCUT2D eigenvalue weighted by atomic mass is 10.0. The Hall–Kier alpha value is -1.40. The van der Waals surface area contributed by atoms with Gasteiger partial charge in [-0.05, 0) is 24.6 Å². The molecule has 0 saturated carbocycles. The summed E-state index contributed by atoms with van der Waals surface area (Å²) < 4.78 is 5.87. The van der Waals surface area contributed by atoms with Crippen molar-refractivity contribution >= 4 is 27.8 Å². The van der Waals surface area contributed by atoms with Crippen molar-refractivity contribution in [3.63, 3.8) is 0 Å². The van der Waals surface area contributed by atoms with Crippen LogP contribution in [0.5, 0.6) is 0 Å². The molecule has 1 aromatic rings. The quantitative estimate of drug-likeness (QED) is 0.843. The van der Waals surface area contributed by atoms with Gasteiger partial charge in [0, 0.05) is 17.6 Å². The Kier molecular flexibility index (Phi) is 5.14. The topological polar surface area (TPSA) is 58.6 Å². The van der Waals surface area contributed by atoms with Gasteiger partial charge in [-0.15, -0.1) is 0 Å². The van der Waals surface area contributed by atoms with Crippen LogP contribution in [-0.2, 0) is 14.3 Å². The fourth-order valence-corrected chi connectivity index (χ4v) is 2.71. The number of piperazine rings is 1. The standard InChI is InChI=1S/C14H17BrN2O3/c1-2-20-12(18)9-17-7-6-16-14(19)13(17)10-4-3-5-11(15)8-10/h3-5,8,13H,2,6-7,9H2,1H3,(H,16,19)/t13-/m0/s1. The molecule has 1 amide bonds. The van der Waals surface area contributed by atoms with Crippen LogP contribution in [0.1, 0.15) is 18.5 Å². The van der Waals surface area contributed by atoms with E-state index in [9.17, 15) is 9.59 Å². The van der Waals surface area contributed by atoms with Crippen molar-refractivity contribution in [2.75, 3.05) is 26.2 Å².